The van der Waals surface area contributed by atoms with Crippen molar-refractivity contribution in [3.8, 4) is 0 Å². The largest absolute Gasteiger partial charge is 0.374 e. The number of carbonyl (C=O) groups excluding carboxylic acids is 1. The van der Waals surface area contributed by atoms with E-state index in [9.17, 15) is 9.18 Å². The maximum Gasteiger partial charge on any atom is 0.230 e. The molecule has 0 radical (unpaired) electrons. The molecule has 2 atom stereocenters. The molecule has 0 aliphatic carbocycles. The quantitative estimate of drug-likeness (QED) is 0.680. The molecule has 0 unspecified atom stereocenters. The Morgan fingerprint density at radius 1 is 1.63 bits per heavy atom. The molecule has 0 aromatic carbocycles. The van der Waals surface area contributed by atoms with Crippen LogP contribution in [0.4, 0.5) is 9.52 Å². The van der Waals surface area contributed by atoms with Gasteiger partial charge in [-0.3, -0.25) is 4.79 Å². The van der Waals surface area contributed by atoms with E-state index in [4.69, 9.17) is 5.73 Å². The highest BCUT2D eigenvalue weighted by molar-refractivity contribution is 8.01. The van der Waals surface area contributed by atoms with Crippen LogP contribution in [0.25, 0.3) is 0 Å². The number of nitrogens with zero attached hydrogens (tertiary/aromatic N) is 2. The van der Waals surface area contributed by atoms with E-state index < -0.39 is 6.17 Å². The minimum Gasteiger partial charge on any atom is -0.374 e. The summed E-state index contributed by atoms with van der Waals surface area (Å²) in [5, 5.41) is 13.6. The Hall–Kier alpha value is -0.640. The molecule has 1 fully saturated rings. The van der Waals surface area contributed by atoms with E-state index >= 15 is 0 Å². The number of carbonyl (C=O) groups is 1. The molecule has 0 bridgehead atoms. The van der Waals surface area contributed by atoms with Gasteiger partial charge in [0.2, 0.25) is 11.0 Å². The molecule has 0 saturated carbocycles. The molecule has 1 aliphatic rings. The van der Waals surface area contributed by atoms with Crippen LogP contribution in [0.3, 0.4) is 0 Å². The standard InChI is InChI=1S/C9H14FN5OS2.ClH/c10-5-1-6(12-2-5)3-13-7(16)4-17-9-15-14-8(11)18-9;/h5-6,12H,1-4H2,(H2,11,14)(H,13,16);1H/t5-,6-;/m0./s1. The van der Waals surface area contributed by atoms with Crippen LogP contribution in [0.1, 0.15) is 6.42 Å². The highest BCUT2D eigenvalue weighted by Gasteiger charge is 2.23. The van der Waals surface area contributed by atoms with Crippen molar-refractivity contribution in [2.75, 3.05) is 24.6 Å². The van der Waals surface area contributed by atoms with E-state index in [-0.39, 0.29) is 30.1 Å². The Morgan fingerprint density at radius 2 is 2.42 bits per heavy atom. The van der Waals surface area contributed by atoms with Gasteiger partial charge >= 0.3 is 0 Å². The lowest BCUT2D eigenvalue weighted by molar-refractivity contribution is -0.118. The summed E-state index contributed by atoms with van der Waals surface area (Å²) in [5.74, 6) is 0.165. The first kappa shape index (κ1) is 16.4. The molecule has 2 heterocycles. The molecule has 4 N–H and O–H groups in total. The van der Waals surface area contributed by atoms with Gasteiger partial charge in [-0.05, 0) is 6.42 Å². The van der Waals surface area contributed by atoms with Gasteiger partial charge < -0.3 is 16.4 Å². The van der Waals surface area contributed by atoms with E-state index in [1.165, 1.54) is 23.1 Å². The number of amides is 1. The number of hydrogen-bond donors (Lipinski definition) is 3. The van der Waals surface area contributed by atoms with Crippen LogP contribution < -0.4 is 16.4 Å². The first-order chi connectivity index (χ1) is 8.63. The van der Waals surface area contributed by atoms with Crippen LogP contribution in [0, 0.1) is 0 Å². The fourth-order valence-electron chi connectivity index (χ4n) is 1.62. The van der Waals surface area contributed by atoms with E-state index in [0.29, 0.717) is 29.0 Å². The normalized spacial score (nSPS) is 21.9. The number of alkyl halides is 1. The van der Waals surface area contributed by atoms with Crippen LogP contribution in [-0.2, 0) is 4.79 Å². The van der Waals surface area contributed by atoms with Crippen molar-refractivity contribution in [3.63, 3.8) is 0 Å². The minimum absolute atomic E-state index is 0. The van der Waals surface area contributed by atoms with Crippen molar-refractivity contribution in [2.24, 2.45) is 0 Å². The average molecular weight is 328 g/mol. The van der Waals surface area contributed by atoms with E-state index in [2.05, 4.69) is 20.8 Å². The minimum atomic E-state index is -0.800. The molecule has 19 heavy (non-hydrogen) atoms. The lowest BCUT2D eigenvalue weighted by Crippen LogP contribution is -2.37. The van der Waals surface area contributed by atoms with Gasteiger partial charge in [0.05, 0.1) is 5.75 Å². The average Bonchev–Trinajstić information content (AvgIpc) is 2.93. The summed E-state index contributed by atoms with van der Waals surface area (Å²) in [5.41, 5.74) is 5.43. The maximum atomic E-state index is 12.9. The zero-order valence-electron chi connectivity index (χ0n) is 9.97. The molecule has 0 spiro atoms. The predicted octanol–water partition coefficient (Wildman–Crippen LogP) is 0.450. The number of nitrogen functional groups attached to an aromatic ring is 1. The molecule has 1 aliphatic heterocycles. The Morgan fingerprint density at radius 3 is 3.00 bits per heavy atom. The second-order valence-electron chi connectivity index (χ2n) is 3.94. The molecule has 1 saturated heterocycles. The molecule has 1 amide bonds. The Bertz CT molecular complexity index is 421. The second kappa shape index (κ2) is 7.83. The number of thioether (sulfide) groups is 1. The predicted molar refractivity (Wildman–Crippen MR) is 76.6 cm³/mol. The third kappa shape index (κ3) is 5.47. The van der Waals surface area contributed by atoms with E-state index in [0.717, 1.165) is 0 Å². The third-order valence-electron chi connectivity index (χ3n) is 2.46. The lowest BCUT2D eigenvalue weighted by Gasteiger charge is -2.10. The molecule has 108 valence electrons. The number of rotatable bonds is 5. The highest BCUT2D eigenvalue weighted by Crippen LogP contribution is 2.22. The van der Waals surface area contributed by atoms with Crippen LogP contribution in [0.2, 0.25) is 0 Å². The smallest absolute Gasteiger partial charge is 0.230 e. The zero-order valence-corrected chi connectivity index (χ0v) is 12.4. The molecule has 1 aromatic rings. The van der Waals surface area contributed by atoms with Gasteiger partial charge in [0.1, 0.15) is 6.17 Å². The number of hydrogen-bond acceptors (Lipinski definition) is 7. The fraction of sp³-hybridized carbons (Fsp3) is 0.667. The summed E-state index contributed by atoms with van der Waals surface area (Å²) in [7, 11) is 0. The van der Waals surface area contributed by atoms with Crippen molar-refractivity contribution in [1.29, 1.82) is 0 Å². The SMILES string of the molecule is Cl.Nc1nnc(SCC(=O)NC[C@@H]2C[C@H](F)CN2)s1. The Balaban J connectivity index is 0.00000180. The van der Waals surface area contributed by atoms with Gasteiger partial charge in [-0.15, -0.1) is 22.6 Å². The monoisotopic (exact) mass is 327 g/mol. The van der Waals surface area contributed by atoms with Crippen LogP contribution >= 0.6 is 35.5 Å². The zero-order chi connectivity index (χ0) is 13.0. The number of anilines is 1. The summed E-state index contributed by atoms with van der Waals surface area (Å²) < 4.78 is 13.5. The van der Waals surface area contributed by atoms with Crippen LogP contribution in [0.15, 0.2) is 4.34 Å². The number of aromatic nitrogens is 2. The highest BCUT2D eigenvalue weighted by atomic mass is 35.5. The van der Waals surface area contributed by atoms with E-state index in [1.54, 1.807) is 0 Å². The maximum absolute atomic E-state index is 12.9. The molecular weight excluding hydrogens is 313 g/mol. The van der Waals surface area contributed by atoms with Gasteiger partial charge in [-0.1, -0.05) is 23.1 Å². The molecular formula is C9H15ClFN5OS2. The summed E-state index contributed by atoms with van der Waals surface area (Å²) in [6.45, 7) is 0.831. The van der Waals surface area contributed by atoms with Crippen molar-refractivity contribution < 1.29 is 9.18 Å². The van der Waals surface area contributed by atoms with Gasteiger partial charge in [0, 0.05) is 19.1 Å². The van der Waals surface area contributed by atoms with Crippen molar-refractivity contribution >= 4 is 46.5 Å². The Labute approximate surface area is 124 Å². The number of nitrogens with two attached hydrogens (primary N) is 1. The van der Waals surface area contributed by atoms with Crippen LogP contribution in [0.5, 0.6) is 0 Å². The van der Waals surface area contributed by atoms with Crippen LogP contribution in [-0.4, -0.2) is 47.2 Å². The second-order valence-corrected chi connectivity index (χ2v) is 6.17. The van der Waals surface area contributed by atoms with Gasteiger partial charge in [-0.2, -0.15) is 0 Å². The third-order valence-corrected chi connectivity index (χ3v) is 4.35. The van der Waals surface area contributed by atoms with E-state index in [1.807, 2.05) is 0 Å². The molecule has 1 aromatic heterocycles. The summed E-state index contributed by atoms with van der Waals surface area (Å²) in [6, 6.07) is 0.0334. The Kier molecular flexibility index (Phi) is 6.76. The number of halogens is 2. The van der Waals surface area contributed by atoms with Crippen molar-refractivity contribution in [1.82, 2.24) is 20.8 Å². The van der Waals surface area contributed by atoms with Gasteiger partial charge in [-0.25, -0.2) is 4.39 Å². The van der Waals surface area contributed by atoms with Crippen molar-refractivity contribution in [2.45, 2.75) is 23.0 Å². The molecule has 10 heteroatoms. The van der Waals surface area contributed by atoms with Gasteiger partial charge in [0.25, 0.3) is 0 Å². The fourth-order valence-corrected chi connectivity index (χ4v) is 3.09. The summed E-state index contributed by atoms with van der Waals surface area (Å²) in [6.07, 6.45) is -0.342. The number of nitrogens with one attached hydrogen (secondary N) is 2. The van der Waals surface area contributed by atoms with Gasteiger partial charge in [0.15, 0.2) is 4.34 Å². The summed E-state index contributed by atoms with van der Waals surface area (Å²) in [4.78, 5) is 11.5. The lowest BCUT2D eigenvalue weighted by atomic mass is 10.2. The topological polar surface area (TPSA) is 92.9 Å². The molecule has 6 nitrogen and oxygen atoms in total. The first-order valence-corrected chi connectivity index (χ1v) is 7.29. The van der Waals surface area contributed by atoms with Crippen molar-refractivity contribution in [3.05, 3.63) is 0 Å². The molecule has 2 rings (SSSR count). The first-order valence-electron chi connectivity index (χ1n) is 5.49. The summed E-state index contributed by atoms with van der Waals surface area (Å²) >= 11 is 2.54.